The lowest BCUT2D eigenvalue weighted by Gasteiger charge is -2.29. The third-order valence-electron chi connectivity index (χ3n) is 5.99. The molecule has 0 atom stereocenters. The minimum absolute atomic E-state index is 0.244. The number of carbonyl (C=O) groups excluding carboxylic acids is 1. The number of aromatic nitrogens is 2. The van der Waals surface area contributed by atoms with Crippen LogP contribution in [-0.2, 0) is 0 Å². The van der Waals surface area contributed by atoms with Gasteiger partial charge in [-0.3, -0.25) is 9.89 Å². The monoisotopic (exact) mass is 468 g/mol. The quantitative estimate of drug-likeness (QED) is 0.264. The van der Waals surface area contributed by atoms with Gasteiger partial charge in [0.25, 0.3) is 5.91 Å². The van der Waals surface area contributed by atoms with Gasteiger partial charge in [0.2, 0.25) is 0 Å². The summed E-state index contributed by atoms with van der Waals surface area (Å²) < 4.78 is 55.9. The second-order valence-corrected chi connectivity index (χ2v) is 8.44. The molecule has 0 bridgehead atoms. The second kappa shape index (κ2) is 8.97. The number of hydrogen-bond acceptors (Lipinski definition) is 3. The summed E-state index contributed by atoms with van der Waals surface area (Å²) >= 11 is 5.69. The molecule has 1 aliphatic carbocycles. The van der Waals surface area contributed by atoms with Crippen LogP contribution in [-0.4, -0.2) is 28.7 Å². The van der Waals surface area contributed by atoms with Gasteiger partial charge in [-0.2, -0.15) is 5.10 Å². The fraction of sp³-hybridized carbons (Fsp3) is 0.364. The molecule has 0 unspecified atom stereocenters. The van der Waals surface area contributed by atoms with E-state index >= 15 is 0 Å². The number of fused-ring (bicyclic) bond motifs is 1. The number of amides is 1. The van der Waals surface area contributed by atoms with Gasteiger partial charge in [-0.25, -0.2) is 17.6 Å². The van der Waals surface area contributed by atoms with Gasteiger partial charge in [0.15, 0.2) is 17.5 Å². The van der Waals surface area contributed by atoms with Crippen LogP contribution in [0, 0.1) is 36.1 Å². The fourth-order valence-corrected chi connectivity index (χ4v) is 4.37. The van der Waals surface area contributed by atoms with Crippen LogP contribution in [0.5, 0.6) is 0 Å². The Morgan fingerprint density at radius 2 is 1.84 bits per heavy atom. The predicted molar refractivity (Wildman–Crippen MR) is 114 cm³/mol. The topological polar surface area (TPSA) is 69.8 Å². The van der Waals surface area contributed by atoms with E-state index in [4.69, 9.17) is 11.6 Å². The molecule has 0 aliphatic heterocycles. The summed E-state index contributed by atoms with van der Waals surface area (Å²) in [5.74, 6) is -4.50. The Bertz CT molecular complexity index is 1150. The third-order valence-corrected chi connectivity index (χ3v) is 6.34. The Morgan fingerprint density at radius 3 is 2.56 bits per heavy atom. The van der Waals surface area contributed by atoms with Crippen molar-refractivity contribution in [3.8, 4) is 0 Å². The van der Waals surface area contributed by atoms with E-state index in [0.29, 0.717) is 36.1 Å². The van der Waals surface area contributed by atoms with E-state index in [1.54, 1.807) is 12.1 Å². The highest BCUT2D eigenvalue weighted by atomic mass is 35.5. The Kier molecular flexibility index (Phi) is 6.28. The van der Waals surface area contributed by atoms with Crippen LogP contribution in [0.4, 0.5) is 23.4 Å². The molecule has 1 saturated carbocycles. The van der Waals surface area contributed by atoms with Crippen molar-refractivity contribution >= 4 is 34.2 Å². The number of carbonyl (C=O) groups is 1. The first-order chi connectivity index (χ1) is 15.3. The lowest BCUT2D eigenvalue weighted by Crippen LogP contribution is -2.39. The maximum atomic E-state index is 14.3. The van der Waals surface area contributed by atoms with Gasteiger partial charge in [-0.1, -0.05) is 17.7 Å². The van der Waals surface area contributed by atoms with Gasteiger partial charge in [0.05, 0.1) is 21.5 Å². The van der Waals surface area contributed by atoms with Crippen LogP contribution in [0.25, 0.3) is 10.9 Å². The number of benzene rings is 2. The van der Waals surface area contributed by atoms with Crippen molar-refractivity contribution < 1.29 is 22.4 Å². The molecular formula is C22H21ClF4N4O. The maximum absolute atomic E-state index is 14.3. The third kappa shape index (κ3) is 4.13. The van der Waals surface area contributed by atoms with Gasteiger partial charge in [-0.15, -0.1) is 0 Å². The summed E-state index contributed by atoms with van der Waals surface area (Å²) in [6.07, 6.45) is 2.76. The zero-order valence-corrected chi connectivity index (χ0v) is 17.9. The van der Waals surface area contributed by atoms with Crippen molar-refractivity contribution in [2.45, 2.75) is 38.6 Å². The minimum Gasteiger partial charge on any atom is -0.368 e. The summed E-state index contributed by atoms with van der Waals surface area (Å²) in [6.45, 7) is 1.63. The Labute approximate surface area is 186 Å². The van der Waals surface area contributed by atoms with Crippen LogP contribution in [0.3, 0.4) is 0 Å². The van der Waals surface area contributed by atoms with Crippen LogP contribution in [0.15, 0.2) is 18.2 Å². The normalized spacial score (nSPS) is 18.7. The highest BCUT2D eigenvalue weighted by Crippen LogP contribution is 2.30. The first-order valence-electron chi connectivity index (χ1n) is 10.3. The second-order valence-electron chi connectivity index (χ2n) is 8.06. The van der Waals surface area contributed by atoms with Crippen molar-refractivity contribution in [2.75, 3.05) is 11.9 Å². The molecule has 0 radical (unpaired) electrons. The number of anilines is 1. The Morgan fingerprint density at radius 1 is 1.12 bits per heavy atom. The molecule has 1 aliphatic rings. The summed E-state index contributed by atoms with van der Waals surface area (Å²) in [5, 5.41) is 12.3. The van der Waals surface area contributed by atoms with Crippen molar-refractivity contribution in [3.63, 3.8) is 0 Å². The van der Waals surface area contributed by atoms with Crippen LogP contribution >= 0.6 is 11.6 Å². The highest BCUT2D eigenvalue weighted by molar-refractivity contribution is 6.34. The summed E-state index contributed by atoms with van der Waals surface area (Å²) in [5.41, 5.74) is -0.661. The molecule has 10 heteroatoms. The number of rotatable bonds is 5. The molecule has 32 heavy (non-hydrogen) atoms. The molecule has 4 rings (SSSR count). The van der Waals surface area contributed by atoms with E-state index in [1.807, 2.05) is 0 Å². The molecule has 1 amide bonds. The molecular weight excluding hydrogens is 448 g/mol. The SMILES string of the molecule is Cc1c(F)c(F)c(Cl)c(C(=O)NC2CCC(CNc3n[nH]c4cccc(F)c34)CC2)c1F. The van der Waals surface area contributed by atoms with Crippen molar-refractivity contribution in [3.05, 3.63) is 57.6 Å². The lowest BCUT2D eigenvalue weighted by atomic mass is 9.86. The molecule has 5 nitrogen and oxygen atoms in total. The molecule has 0 spiro atoms. The molecule has 0 saturated heterocycles. The number of H-pyrrole nitrogens is 1. The van der Waals surface area contributed by atoms with Gasteiger partial charge in [0, 0.05) is 18.2 Å². The van der Waals surface area contributed by atoms with E-state index in [2.05, 4.69) is 20.8 Å². The molecule has 1 aromatic heterocycles. The fourth-order valence-electron chi connectivity index (χ4n) is 4.12. The van der Waals surface area contributed by atoms with E-state index in [0.717, 1.165) is 19.8 Å². The molecule has 170 valence electrons. The first kappa shape index (κ1) is 22.4. The zero-order valence-electron chi connectivity index (χ0n) is 17.2. The van der Waals surface area contributed by atoms with Gasteiger partial charge >= 0.3 is 0 Å². The minimum atomic E-state index is -1.44. The number of nitrogens with one attached hydrogen (secondary N) is 3. The molecule has 3 aromatic rings. The van der Waals surface area contributed by atoms with Crippen molar-refractivity contribution in [2.24, 2.45) is 5.92 Å². The average Bonchev–Trinajstić information content (AvgIpc) is 3.20. The molecule has 1 fully saturated rings. The van der Waals surface area contributed by atoms with Crippen LogP contribution < -0.4 is 10.6 Å². The Hall–Kier alpha value is -2.81. The number of hydrogen-bond donors (Lipinski definition) is 3. The molecule has 1 heterocycles. The first-order valence-corrected chi connectivity index (χ1v) is 10.7. The number of aromatic amines is 1. The smallest absolute Gasteiger partial charge is 0.256 e. The van der Waals surface area contributed by atoms with E-state index in [9.17, 15) is 22.4 Å². The van der Waals surface area contributed by atoms with E-state index in [1.165, 1.54) is 6.07 Å². The Balaban J connectivity index is 1.34. The summed E-state index contributed by atoms with van der Waals surface area (Å²) in [4.78, 5) is 12.5. The average molecular weight is 469 g/mol. The standard InChI is InChI=1S/C22H21ClF4N4O/c1-10-18(25)16(17(23)20(27)19(10)26)22(32)29-12-7-5-11(6-8-12)9-28-21-15-13(24)3-2-4-14(15)30-31-21/h2-4,11-12H,5-9H2,1H3,(H,29,32)(H2,28,30,31). The number of nitrogens with zero attached hydrogens (tertiary/aromatic N) is 1. The molecule has 2 aromatic carbocycles. The zero-order chi connectivity index (χ0) is 23.0. The van der Waals surface area contributed by atoms with E-state index in [-0.39, 0.29) is 17.8 Å². The highest BCUT2D eigenvalue weighted by Gasteiger charge is 2.29. The van der Waals surface area contributed by atoms with Crippen molar-refractivity contribution in [1.29, 1.82) is 0 Å². The lowest BCUT2D eigenvalue weighted by molar-refractivity contribution is 0.0918. The van der Waals surface area contributed by atoms with Gasteiger partial charge in [-0.05, 0) is 50.7 Å². The maximum Gasteiger partial charge on any atom is 0.256 e. The van der Waals surface area contributed by atoms with E-state index < -0.39 is 39.5 Å². The predicted octanol–water partition coefficient (Wildman–Crippen LogP) is 5.48. The molecule has 3 N–H and O–H groups in total. The van der Waals surface area contributed by atoms with Crippen molar-refractivity contribution in [1.82, 2.24) is 15.5 Å². The van der Waals surface area contributed by atoms with Gasteiger partial charge in [0.1, 0.15) is 11.6 Å². The van der Waals surface area contributed by atoms with Gasteiger partial charge < -0.3 is 10.6 Å². The van der Waals surface area contributed by atoms with Crippen LogP contribution in [0.2, 0.25) is 5.02 Å². The number of halogens is 5. The summed E-state index contributed by atoms with van der Waals surface area (Å²) in [7, 11) is 0. The summed E-state index contributed by atoms with van der Waals surface area (Å²) in [6, 6.07) is 4.48. The largest absolute Gasteiger partial charge is 0.368 e. The van der Waals surface area contributed by atoms with Crippen LogP contribution in [0.1, 0.15) is 41.6 Å².